The number of hydrogen-bond donors (Lipinski definition) is 3. The molecule has 0 aliphatic carbocycles. The highest BCUT2D eigenvalue weighted by atomic mass is 32.1. The molecule has 1 fully saturated rings. The van der Waals surface area contributed by atoms with Gasteiger partial charge in [0.1, 0.15) is 0 Å². The van der Waals surface area contributed by atoms with Crippen molar-refractivity contribution in [3.8, 4) is 0 Å². The van der Waals surface area contributed by atoms with Gasteiger partial charge in [0.15, 0.2) is 0 Å². The molecule has 2 heterocycles. The highest BCUT2D eigenvalue weighted by Crippen LogP contribution is 2.23. The van der Waals surface area contributed by atoms with Crippen LogP contribution in [0.3, 0.4) is 0 Å². The van der Waals surface area contributed by atoms with Crippen molar-refractivity contribution in [2.24, 2.45) is 5.73 Å². The molecule has 2 atom stereocenters. The van der Waals surface area contributed by atoms with Gasteiger partial charge in [-0.25, -0.2) is 4.79 Å². The molecule has 2 rings (SSSR count). The summed E-state index contributed by atoms with van der Waals surface area (Å²) in [6, 6.07) is 3.07. The van der Waals surface area contributed by atoms with Crippen LogP contribution in [-0.4, -0.2) is 43.0 Å². The Morgan fingerprint density at radius 2 is 2.45 bits per heavy atom. The Bertz CT molecular complexity index is 457. The summed E-state index contributed by atoms with van der Waals surface area (Å²) in [5, 5.41) is 7.80. The third kappa shape index (κ3) is 3.71. The first-order valence-corrected chi connectivity index (χ1v) is 7.51. The van der Waals surface area contributed by atoms with Crippen LogP contribution < -0.4 is 16.4 Å². The van der Waals surface area contributed by atoms with E-state index in [0.29, 0.717) is 0 Å². The minimum Gasteiger partial charge on any atom is -0.352 e. The largest absolute Gasteiger partial charge is 0.352 e. The fraction of sp³-hybridized carbons (Fsp3) is 0.538. The number of urea groups is 1. The summed E-state index contributed by atoms with van der Waals surface area (Å²) in [5.41, 5.74) is 5.19. The van der Waals surface area contributed by atoms with E-state index < -0.39 is 6.03 Å². The molecule has 20 heavy (non-hydrogen) atoms. The van der Waals surface area contributed by atoms with Gasteiger partial charge in [-0.2, -0.15) is 0 Å². The molecule has 1 aromatic heterocycles. The van der Waals surface area contributed by atoms with E-state index >= 15 is 0 Å². The molecule has 0 saturated carbocycles. The number of nitrogens with two attached hydrogens (primary N) is 1. The number of rotatable bonds is 5. The van der Waals surface area contributed by atoms with Crippen LogP contribution in [0.1, 0.15) is 23.8 Å². The Balaban J connectivity index is 1.99. The van der Waals surface area contributed by atoms with E-state index in [1.54, 1.807) is 4.90 Å². The molecular weight excluding hydrogens is 276 g/mol. The minimum atomic E-state index is -0.610. The van der Waals surface area contributed by atoms with Gasteiger partial charge in [0.2, 0.25) is 5.91 Å². The van der Waals surface area contributed by atoms with Gasteiger partial charge in [-0.3, -0.25) is 4.79 Å². The van der Waals surface area contributed by atoms with Crippen LogP contribution >= 0.6 is 11.3 Å². The fourth-order valence-corrected chi connectivity index (χ4v) is 3.15. The van der Waals surface area contributed by atoms with Gasteiger partial charge in [-0.05, 0) is 24.4 Å². The highest BCUT2D eigenvalue weighted by Gasteiger charge is 2.26. The molecule has 110 valence electrons. The topological polar surface area (TPSA) is 87.5 Å². The zero-order valence-electron chi connectivity index (χ0n) is 11.5. The van der Waals surface area contributed by atoms with E-state index in [1.165, 1.54) is 11.3 Å². The SMILES string of the molecule is CN(C(=O)CC(NC(N)=O)c1cccs1)C1CCNC1. The first kappa shape index (κ1) is 14.8. The maximum Gasteiger partial charge on any atom is 0.312 e. The van der Waals surface area contributed by atoms with Gasteiger partial charge < -0.3 is 21.3 Å². The number of amides is 3. The van der Waals surface area contributed by atoms with E-state index in [4.69, 9.17) is 5.73 Å². The van der Waals surface area contributed by atoms with Crippen LogP contribution in [0.25, 0.3) is 0 Å². The maximum atomic E-state index is 12.3. The fourth-order valence-electron chi connectivity index (χ4n) is 2.38. The lowest BCUT2D eigenvalue weighted by molar-refractivity contribution is -0.132. The lowest BCUT2D eigenvalue weighted by Gasteiger charge is -2.26. The first-order valence-electron chi connectivity index (χ1n) is 6.63. The van der Waals surface area contributed by atoms with E-state index in [2.05, 4.69) is 10.6 Å². The molecule has 3 amide bonds. The number of thiophene rings is 1. The normalized spacial score (nSPS) is 19.6. The molecule has 1 aromatic rings. The number of carbonyl (C=O) groups excluding carboxylic acids is 2. The van der Waals surface area contributed by atoms with Crippen LogP contribution in [0.4, 0.5) is 4.79 Å². The molecule has 1 aliphatic rings. The second-order valence-electron chi connectivity index (χ2n) is 4.93. The third-order valence-corrected chi connectivity index (χ3v) is 4.54. The Hall–Kier alpha value is -1.60. The highest BCUT2D eigenvalue weighted by molar-refractivity contribution is 7.10. The van der Waals surface area contributed by atoms with Crippen LogP contribution in [0, 0.1) is 0 Å². The average Bonchev–Trinajstić information content (AvgIpc) is 3.09. The first-order chi connectivity index (χ1) is 9.58. The molecule has 1 saturated heterocycles. The van der Waals surface area contributed by atoms with Crippen molar-refractivity contribution in [3.05, 3.63) is 22.4 Å². The summed E-state index contributed by atoms with van der Waals surface area (Å²) in [7, 11) is 1.82. The Morgan fingerprint density at radius 3 is 3.00 bits per heavy atom. The monoisotopic (exact) mass is 296 g/mol. The zero-order valence-corrected chi connectivity index (χ0v) is 12.3. The molecule has 0 radical (unpaired) electrons. The molecule has 2 unspecified atom stereocenters. The van der Waals surface area contributed by atoms with Crippen LogP contribution in [0.15, 0.2) is 17.5 Å². The summed E-state index contributed by atoms with van der Waals surface area (Å²) < 4.78 is 0. The van der Waals surface area contributed by atoms with Gasteiger partial charge in [0.25, 0.3) is 0 Å². The van der Waals surface area contributed by atoms with Crippen LogP contribution in [-0.2, 0) is 4.79 Å². The zero-order chi connectivity index (χ0) is 14.5. The minimum absolute atomic E-state index is 0.0193. The van der Waals surface area contributed by atoms with E-state index in [9.17, 15) is 9.59 Å². The number of primary amides is 1. The van der Waals surface area contributed by atoms with Crippen LogP contribution in [0.5, 0.6) is 0 Å². The molecule has 7 heteroatoms. The van der Waals surface area contributed by atoms with E-state index in [1.807, 2.05) is 24.6 Å². The lowest BCUT2D eigenvalue weighted by atomic mass is 10.1. The molecule has 0 bridgehead atoms. The molecular formula is C13H20N4O2S. The predicted octanol–water partition coefficient (Wildman–Crippen LogP) is 0.668. The third-order valence-electron chi connectivity index (χ3n) is 3.56. The summed E-state index contributed by atoms with van der Waals surface area (Å²) in [4.78, 5) is 26.1. The number of likely N-dealkylation sites (N-methyl/N-ethyl adjacent to an activating group) is 1. The summed E-state index contributed by atoms with van der Waals surface area (Å²) in [6.45, 7) is 1.77. The van der Waals surface area contributed by atoms with Gasteiger partial charge in [-0.1, -0.05) is 6.07 Å². The second-order valence-corrected chi connectivity index (χ2v) is 5.91. The standard InChI is InChI=1S/C13H20N4O2S/c1-17(9-4-5-15-8-9)12(18)7-10(16-13(14)19)11-3-2-6-20-11/h2-3,6,9-10,15H,4-5,7-8H2,1H3,(H3,14,16,19). The molecule has 4 N–H and O–H groups in total. The maximum absolute atomic E-state index is 12.3. The number of carbonyl (C=O) groups is 2. The number of hydrogen-bond acceptors (Lipinski definition) is 4. The van der Waals surface area contributed by atoms with Crippen molar-refractivity contribution in [1.29, 1.82) is 0 Å². The number of nitrogens with one attached hydrogen (secondary N) is 2. The Labute approximate surface area is 122 Å². The van der Waals surface area contributed by atoms with Gasteiger partial charge in [0, 0.05) is 24.5 Å². The Morgan fingerprint density at radius 1 is 1.65 bits per heavy atom. The second kappa shape index (κ2) is 6.71. The Kier molecular flexibility index (Phi) is 4.97. The lowest BCUT2D eigenvalue weighted by Crippen LogP contribution is -2.41. The summed E-state index contributed by atoms with van der Waals surface area (Å²) >= 11 is 1.51. The predicted molar refractivity (Wildman–Crippen MR) is 78.4 cm³/mol. The quantitative estimate of drug-likeness (QED) is 0.746. The average molecular weight is 296 g/mol. The summed E-state index contributed by atoms with van der Waals surface area (Å²) in [6.07, 6.45) is 1.20. The smallest absolute Gasteiger partial charge is 0.312 e. The van der Waals surface area contributed by atoms with Gasteiger partial charge in [-0.15, -0.1) is 11.3 Å². The van der Waals surface area contributed by atoms with E-state index in [-0.39, 0.29) is 24.4 Å². The molecule has 0 aromatic carbocycles. The van der Waals surface area contributed by atoms with Crippen molar-refractivity contribution in [2.75, 3.05) is 20.1 Å². The van der Waals surface area contributed by atoms with Crippen molar-refractivity contribution >= 4 is 23.3 Å². The van der Waals surface area contributed by atoms with Crippen molar-refractivity contribution in [1.82, 2.24) is 15.5 Å². The summed E-state index contributed by atoms with van der Waals surface area (Å²) in [5.74, 6) is 0.0193. The van der Waals surface area contributed by atoms with Gasteiger partial charge >= 0.3 is 6.03 Å². The molecule has 1 aliphatic heterocycles. The van der Waals surface area contributed by atoms with Crippen molar-refractivity contribution < 1.29 is 9.59 Å². The van der Waals surface area contributed by atoms with Crippen molar-refractivity contribution in [3.63, 3.8) is 0 Å². The van der Waals surface area contributed by atoms with Crippen LogP contribution in [0.2, 0.25) is 0 Å². The van der Waals surface area contributed by atoms with Crippen molar-refractivity contribution in [2.45, 2.75) is 24.9 Å². The van der Waals surface area contributed by atoms with E-state index in [0.717, 1.165) is 24.4 Å². The van der Waals surface area contributed by atoms with Gasteiger partial charge in [0.05, 0.1) is 12.5 Å². The molecule has 6 nitrogen and oxygen atoms in total. The number of nitrogens with zero attached hydrogens (tertiary/aromatic N) is 1. The molecule has 0 spiro atoms.